The Balaban J connectivity index is 1.71. The molecule has 1 fully saturated rings. The van der Waals surface area contributed by atoms with Crippen molar-refractivity contribution >= 4 is 23.5 Å². The Bertz CT molecular complexity index is 825. The van der Waals surface area contributed by atoms with Gasteiger partial charge in [-0.1, -0.05) is 23.7 Å². The Morgan fingerprint density at radius 1 is 1.48 bits per heavy atom. The summed E-state index contributed by atoms with van der Waals surface area (Å²) in [7, 11) is 1.71. The molecule has 0 aliphatic carbocycles. The number of nitrogens with zero attached hydrogens (tertiary/aromatic N) is 3. The lowest BCUT2D eigenvalue weighted by molar-refractivity contribution is -0.138. The van der Waals surface area contributed by atoms with Crippen LogP contribution < -0.4 is 0 Å². The number of hydrogen-bond acceptors (Lipinski definition) is 5. The average molecular weight is 393 g/mol. The largest absolute Gasteiger partial charge is 0.480 e. The van der Waals surface area contributed by atoms with Crippen molar-refractivity contribution in [2.75, 3.05) is 39.8 Å². The van der Waals surface area contributed by atoms with E-state index in [9.17, 15) is 9.59 Å². The number of ether oxygens (including phenoxy) is 1. The van der Waals surface area contributed by atoms with Gasteiger partial charge in [0.05, 0.1) is 36.7 Å². The van der Waals surface area contributed by atoms with E-state index in [4.69, 9.17) is 21.4 Å². The Labute approximate surface area is 161 Å². The molecule has 8 nitrogen and oxygen atoms in total. The summed E-state index contributed by atoms with van der Waals surface area (Å²) in [5.41, 5.74) is 1.87. The number of morpholine rings is 1. The minimum atomic E-state index is -0.897. The van der Waals surface area contributed by atoms with E-state index in [1.807, 2.05) is 12.1 Å². The van der Waals surface area contributed by atoms with Crippen molar-refractivity contribution in [3.05, 3.63) is 41.0 Å². The van der Waals surface area contributed by atoms with Gasteiger partial charge in [-0.15, -0.1) is 0 Å². The highest BCUT2D eigenvalue weighted by Crippen LogP contribution is 2.25. The molecule has 9 heteroatoms. The van der Waals surface area contributed by atoms with Gasteiger partial charge in [-0.3, -0.25) is 19.6 Å². The number of carbonyl (C=O) groups is 2. The number of rotatable bonds is 6. The number of halogens is 1. The molecule has 3 rings (SSSR count). The Kier molecular flexibility index (Phi) is 6.10. The Morgan fingerprint density at radius 3 is 3.04 bits per heavy atom. The Morgan fingerprint density at radius 2 is 2.30 bits per heavy atom. The molecule has 1 aromatic heterocycles. The molecule has 1 aliphatic heterocycles. The Hall–Kier alpha value is -2.42. The van der Waals surface area contributed by atoms with E-state index >= 15 is 0 Å². The molecular weight excluding hydrogens is 372 g/mol. The second-order valence-corrected chi connectivity index (χ2v) is 6.94. The number of amides is 1. The molecule has 2 heterocycles. The summed E-state index contributed by atoms with van der Waals surface area (Å²) in [5, 5.41) is 16.3. The summed E-state index contributed by atoms with van der Waals surface area (Å²) in [6, 6.07) is 7.22. The molecule has 1 aromatic carbocycles. The van der Waals surface area contributed by atoms with Crippen molar-refractivity contribution in [3.63, 3.8) is 0 Å². The maximum absolute atomic E-state index is 13.0. The highest BCUT2D eigenvalue weighted by Gasteiger charge is 2.28. The summed E-state index contributed by atoms with van der Waals surface area (Å²) < 4.78 is 5.69. The molecule has 144 valence electrons. The topological polar surface area (TPSA) is 98.8 Å². The first-order valence-corrected chi connectivity index (χ1v) is 8.92. The van der Waals surface area contributed by atoms with Crippen molar-refractivity contribution < 1.29 is 19.4 Å². The molecule has 2 aromatic rings. The highest BCUT2D eigenvalue weighted by molar-refractivity contribution is 6.30. The number of benzene rings is 1. The van der Waals surface area contributed by atoms with Crippen LogP contribution in [0.4, 0.5) is 0 Å². The third kappa shape index (κ3) is 4.85. The first-order valence-electron chi connectivity index (χ1n) is 8.54. The van der Waals surface area contributed by atoms with E-state index in [2.05, 4.69) is 10.2 Å². The highest BCUT2D eigenvalue weighted by atomic mass is 35.5. The van der Waals surface area contributed by atoms with Crippen LogP contribution in [-0.4, -0.2) is 82.9 Å². The monoisotopic (exact) mass is 392 g/mol. The number of aliphatic carboxylic acids is 1. The van der Waals surface area contributed by atoms with E-state index in [1.54, 1.807) is 29.0 Å². The van der Waals surface area contributed by atoms with Gasteiger partial charge in [0.2, 0.25) is 0 Å². The van der Waals surface area contributed by atoms with E-state index in [0.717, 1.165) is 5.56 Å². The van der Waals surface area contributed by atoms with Crippen LogP contribution in [0.1, 0.15) is 10.4 Å². The molecule has 1 amide bonds. The van der Waals surface area contributed by atoms with Crippen molar-refractivity contribution in [3.8, 4) is 11.3 Å². The zero-order valence-electron chi connectivity index (χ0n) is 14.9. The number of nitrogens with one attached hydrogen (secondary N) is 1. The molecule has 1 aliphatic rings. The number of aromatic amines is 1. The fraction of sp³-hybridized carbons (Fsp3) is 0.389. The van der Waals surface area contributed by atoms with Crippen LogP contribution >= 0.6 is 11.6 Å². The van der Waals surface area contributed by atoms with Crippen LogP contribution in [0, 0.1) is 0 Å². The summed E-state index contributed by atoms with van der Waals surface area (Å²) in [6.07, 6.45) is 1.27. The van der Waals surface area contributed by atoms with Crippen molar-refractivity contribution in [1.82, 2.24) is 20.0 Å². The SMILES string of the molecule is CN(CC(=O)O)CC1CN(C(=O)c2cn[nH]c2-c2cccc(Cl)c2)CCO1. The molecule has 1 atom stereocenters. The smallest absolute Gasteiger partial charge is 0.317 e. The number of carboxylic acid groups (broad SMARTS) is 1. The van der Waals surface area contributed by atoms with Crippen LogP contribution in [0.15, 0.2) is 30.5 Å². The van der Waals surface area contributed by atoms with Gasteiger partial charge in [0.1, 0.15) is 0 Å². The maximum atomic E-state index is 13.0. The second kappa shape index (κ2) is 8.51. The van der Waals surface area contributed by atoms with Crippen LogP contribution in [0.3, 0.4) is 0 Å². The van der Waals surface area contributed by atoms with Crippen LogP contribution in [0.2, 0.25) is 5.02 Å². The predicted octanol–water partition coefficient (Wildman–Crippen LogP) is 1.59. The summed E-state index contributed by atoms with van der Waals surface area (Å²) in [5.74, 6) is -1.04. The fourth-order valence-electron chi connectivity index (χ4n) is 3.14. The first-order chi connectivity index (χ1) is 12.9. The quantitative estimate of drug-likeness (QED) is 0.774. The van der Waals surface area contributed by atoms with Gasteiger partial charge in [0, 0.05) is 30.2 Å². The van der Waals surface area contributed by atoms with E-state index in [1.165, 1.54) is 6.20 Å². The summed E-state index contributed by atoms with van der Waals surface area (Å²) in [6.45, 7) is 1.62. The zero-order valence-corrected chi connectivity index (χ0v) is 15.6. The van der Waals surface area contributed by atoms with Crippen LogP contribution in [-0.2, 0) is 9.53 Å². The van der Waals surface area contributed by atoms with Gasteiger partial charge >= 0.3 is 5.97 Å². The number of likely N-dealkylation sites (N-methyl/N-ethyl adjacent to an activating group) is 1. The molecule has 0 spiro atoms. The lowest BCUT2D eigenvalue weighted by Crippen LogP contribution is -2.49. The molecule has 0 radical (unpaired) electrons. The molecule has 1 saturated heterocycles. The minimum Gasteiger partial charge on any atom is -0.480 e. The lowest BCUT2D eigenvalue weighted by atomic mass is 10.1. The number of H-pyrrole nitrogens is 1. The standard InChI is InChI=1S/C18H21ClN4O4/c1-22(11-16(24)25)9-14-10-23(5-6-27-14)18(26)15-8-20-21-17(15)12-3-2-4-13(19)7-12/h2-4,7-8,14H,5-6,9-11H2,1H3,(H,20,21)(H,24,25). The molecular formula is C18H21ClN4O4. The van der Waals surface area contributed by atoms with Crippen LogP contribution in [0.5, 0.6) is 0 Å². The van der Waals surface area contributed by atoms with E-state index in [0.29, 0.717) is 42.5 Å². The van der Waals surface area contributed by atoms with Crippen molar-refractivity contribution in [2.24, 2.45) is 0 Å². The average Bonchev–Trinajstić information content (AvgIpc) is 3.10. The van der Waals surface area contributed by atoms with E-state index in [-0.39, 0.29) is 18.6 Å². The molecule has 2 N–H and O–H groups in total. The molecule has 1 unspecified atom stereocenters. The number of carboxylic acids is 1. The minimum absolute atomic E-state index is 0.0749. The summed E-state index contributed by atoms with van der Waals surface area (Å²) in [4.78, 5) is 27.2. The number of hydrogen-bond donors (Lipinski definition) is 2. The van der Waals surface area contributed by atoms with Gasteiger partial charge in [0.15, 0.2) is 0 Å². The third-order valence-corrected chi connectivity index (χ3v) is 4.56. The second-order valence-electron chi connectivity index (χ2n) is 6.50. The van der Waals surface area contributed by atoms with Crippen molar-refractivity contribution in [2.45, 2.75) is 6.10 Å². The zero-order chi connectivity index (χ0) is 19.4. The van der Waals surface area contributed by atoms with Gasteiger partial charge in [-0.2, -0.15) is 5.10 Å². The first kappa shape index (κ1) is 19.3. The molecule has 0 saturated carbocycles. The van der Waals surface area contributed by atoms with Gasteiger partial charge in [-0.05, 0) is 19.2 Å². The van der Waals surface area contributed by atoms with Gasteiger partial charge in [-0.25, -0.2) is 0 Å². The predicted molar refractivity (Wildman–Crippen MR) is 99.8 cm³/mol. The van der Waals surface area contributed by atoms with Crippen LogP contribution in [0.25, 0.3) is 11.3 Å². The summed E-state index contributed by atoms with van der Waals surface area (Å²) >= 11 is 6.05. The number of aromatic nitrogens is 2. The third-order valence-electron chi connectivity index (χ3n) is 4.33. The number of carbonyl (C=O) groups excluding carboxylic acids is 1. The molecule has 0 bridgehead atoms. The van der Waals surface area contributed by atoms with E-state index < -0.39 is 5.97 Å². The maximum Gasteiger partial charge on any atom is 0.317 e. The van der Waals surface area contributed by atoms with Gasteiger partial charge in [0.25, 0.3) is 5.91 Å². The fourth-order valence-corrected chi connectivity index (χ4v) is 3.33. The normalized spacial score (nSPS) is 17.3. The lowest BCUT2D eigenvalue weighted by Gasteiger charge is -2.34. The van der Waals surface area contributed by atoms with Crippen molar-refractivity contribution in [1.29, 1.82) is 0 Å². The molecule has 27 heavy (non-hydrogen) atoms. The van der Waals surface area contributed by atoms with Gasteiger partial charge < -0.3 is 14.7 Å².